The molecule has 0 fully saturated rings. The molecule has 22 heavy (non-hydrogen) atoms. The van der Waals surface area contributed by atoms with Gasteiger partial charge in [-0.2, -0.15) is 8.42 Å². The van der Waals surface area contributed by atoms with Crippen LogP contribution in [0.1, 0.15) is 31.4 Å². The van der Waals surface area contributed by atoms with Gasteiger partial charge in [-0.15, -0.1) is 0 Å². The molecule has 1 aliphatic rings. The number of rotatable bonds is 7. The Morgan fingerprint density at radius 2 is 2.14 bits per heavy atom. The van der Waals surface area contributed by atoms with E-state index in [0.717, 1.165) is 31.7 Å². The van der Waals surface area contributed by atoms with Crippen molar-refractivity contribution < 1.29 is 12.6 Å². The minimum atomic E-state index is -3.39. The molecule has 0 saturated carbocycles. The Hall–Kier alpha value is -1.11. The minimum Gasteiger partial charge on any atom is -0.398 e. The molecule has 124 valence electrons. The maximum atomic E-state index is 11.8. The van der Waals surface area contributed by atoms with Gasteiger partial charge < -0.3 is 5.73 Å². The lowest BCUT2D eigenvalue weighted by Crippen LogP contribution is -2.32. The standard InChI is InChI=1S/C16H26N2O3S/c1-13(2)12-21-22(19,20)10-4-8-18-9-7-15-14(11-18)5-3-6-16(15)17/h3,5-6,13H,4,7-12,17H2,1-2H3. The van der Waals surface area contributed by atoms with Crippen LogP contribution in [0, 0.1) is 5.92 Å². The van der Waals surface area contributed by atoms with Crippen molar-refractivity contribution in [1.82, 2.24) is 4.90 Å². The molecule has 0 spiro atoms. The molecule has 0 atom stereocenters. The third-order valence-electron chi connectivity index (χ3n) is 3.83. The highest BCUT2D eigenvalue weighted by molar-refractivity contribution is 7.86. The van der Waals surface area contributed by atoms with Gasteiger partial charge in [0.1, 0.15) is 0 Å². The predicted octanol–water partition coefficient (Wildman–Crippen LogP) is 2.02. The summed E-state index contributed by atoms with van der Waals surface area (Å²) < 4.78 is 28.5. The van der Waals surface area contributed by atoms with Crippen molar-refractivity contribution in [2.45, 2.75) is 33.2 Å². The first-order valence-corrected chi connectivity index (χ1v) is 9.41. The van der Waals surface area contributed by atoms with Crippen molar-refractivity contribution in [3.05, 3.63) is 29.3 Å². The summed E-state index contributed by atoms with van der Waals surface area (Å²) in [5.41, 5.74) is 9.35. The number of nitrogens with zero attached hydrogens (tertiary/aromatic N) is 1. The average molecular weight is 326 g/mol. The molecule has 0 amide bonds. The van der Waals surface area contributed by atoms with Crippen molar-refractivity contribution in [2.75, 3.05) is 31.2 Å². The number of nitrogen functional groups attached to an aromatic ring is 1. The van der Waals surface area contributed by atoms with Gasteiger partial charge in [0.2, 0.25) is 0 Å². The van der Waals surface area contributed by atoms with Crippen molar-refractivity contribution in [3.8, 4) is 0 Å². The van der Waals surface area contributed by atoms with Gasteiger partial charge in [-0.25, -0.2) is 0 Å². The summed E-state index contributed by atoms with van der Waals surface area (Å²) in [5.74, 6) is 0.304. The van der Waals surface area contributed by atoms with Crippen LogP contribution in [0.4, 0.5) is 5.69 Å². The Labute approximate surface area is 133 Å². The molecule has 0 saturated heterocycles. The van der Waals surface area contributed by atoms with Gasteiger partial charge >= 0.3 is 0 Å². The average Bonchev–Trinajstić information content (AvgIpc) is 2.45. The summed E-state index contributed by atoms with van der Waals surface area (Å²) in [5, 5.41) is 0. The van der Waals surface area contributed by atoms with E-state index < -0.39 is 10.1 Å². The van der Waals surface area contributed by atoms with E-state index in [-0.39, 0.29) is 18.3 Å². The lowest BCUT2D eigenvalue weighted by Gasteiger charge is -2.29. The molecule has 6 heteroatoms. The molecule has 5 nitrogen and oxygen atoms in total. The van der Waals surface area contributed by atoms with Crippen LogP contribution < -0.4 is 5.73 Å². The zero-order valence-electron chi connectivity index (χ0n) is 13.4. The summed E-state index contributed by atoms with van der Waals surface area (Å²) in [4.78, 5) is 2.28. The summed E-state index contributed by atoms with van der Waals surface area (Å²) in [6.07, 6.45) is 1.52. The van der Waals surface area contributed by atoms with Crippen LogP contribution in [-0.4, -0.2) is 38.8 Å². The van der Waals surface area contributed by atoms with Gasteiger partial charge in [0, 0.05) is 18.8 Å². The van der Waals surface area contributed by atoms with Gasteiger partial charge in [-0.05, 0) is 42.5 Å². The Balaban J connectivity index is 1.79. The number of anilines is 1. The second-order valence-electron chi connectivity index (χ2n) is 6.30. The minimum absolute atomic E-state index is 0.0833. The molecule has 1 heterocycles. The SMILES string of the molecule is CC(C)COS(=O)(=O)CCCN1CCc2c(N)cccc2C1. The van der Waals surface area contributed by atoms with Gasteiger partial charge in [0.25, 0.3) is 10.1 Å². The Bertz CT molecular complexity index is 599. The topological polar surface area (TPSA) is 72.6 Å². The Morgan fingerprint density at radius 3 is 2.86 bits per heavy atom. The van der Waals surface area contributed by atoms with Crippen LogP contribution >= 0.6 is 0 Å². The molecular formula is C16H26N2O3S. The highest BCUT2D eigenvalue weighted by Gasteiger charge is 2.19. The second kappa shape index (κ2) is 7.44. The predicted molar refractivity (Wildman–Crippen MR) is 89.0 cm³/mol. The van der Waals surface area contributed by atoms with Crippen LogP contribution in [0.15, 0.2) is 18.2 Å². The van der Waals surface area contributed by atoms with Crippen LogP contribution in [0.25, 0.3) is 0 Å². The molecule has 1 aromatic carbocycles. The van der Waals surface area contributed by atoms with Crippen LogP contribution in [-0.2, 0) is 27.3 Å². The molecule has 0 aromatic heterocycles. The summed E-state index contributed by atoms with van der Waals surface area (Å²) in [6, 6.07) is 6.01. The fraction of sp³-hybridized carbons (Fsp3) is 0.625. The van der Waals surface area contributed by atoms with Gasteiger partial charge in [-0.3, -0.25) is 9.08 Å². The van der Waals surface area contributed by atoms with E-state index in [1.54, 1.807) is 0 Å². The highest BCUT2D eigenvalue weighted by atomic mass is 32.2. The number of hydrogen-bond acceptors (Lipinski definition) is 5. The first-order valence-electron chi connectivity index (χ1n) is 7.83. The highest BCUT2D eigenvalue weighted by Crippen LogP contribution is 2.24. The van der Waals surface area contributed by atoms with Crippen LogP contribution in [0.3, 0.4) is 0 Å². The molecule has 1 aromatic rings. The summed E-state index contributed by atoms with van der Waals surface area (Å²) >= 11 is 0. The van der Waals surface area contributed by atoms with Crippen molar-refractivity contribution >= 4 is 15.8 Å². The second-order valence-corrected chi connectivity index (χ2v) is 8.06. The molecule has 0 radical (unpaired) electrons. The zero-order valence-corrected chi connectivity index (χ0v) is 14.2. The van der Waals surface area contributed by atoms with E-state index in [1.807, 2.05) is 26.0 Å². The Kier molecular flexibility index (Phi) is 5.83. The Morgan fingerprint density at radius 1 is 1.36 bits per heavy atom. The summed E-state index contributed by atoms with van der Waals surface area (Å²) in [7, 11) is -3.39. The lowest BCUT2D eigenvalue weighted by atomic mass is 9.98. The fourth-order valence-corrected chi connectivity index (χ4v) is 3.73. The van der Waals surface area contributed by atoms with Crippen LogP contribution in [0.2, 0.25) is 0 Å². The summed E-state index contributed by atoms with van der Waals surface area (Å²) in [6.45, 7) is 6.66. The van der Waals surface area contributed by atoms with Gasteiger partial charge in [-0.1, -0.05) is 26.0 Å². The fourth-order valence-electron chi connectivity index (χ4n) is 2.65. The number of hydrogen-bond donors (Lipinski definition) is 1. The molecule has 0 bridgehead atoms. The molecular weight excluding hydrogens is 300 g/mol. The monoisotopic (exact) mass is 326 g/mol. The van der Waals surface area contributed by atoms with Crippen molar-refractivity contribution in [3.63, 3.8) is 0 Å². The zero-order chi connectivity index (χ0) is 16.2. The molecule has 2 N–H and O–H groups in total. The van der Waals surface area contributed by atoms with Gasteiger partial charge in [0.15, 0.2) is 0 Å². The maximum Gasteiger partial charge on any atom is 0.267 e. The van der Waals surface area contributed by atoms with E-state index in [4.69, 9.17) is 9.92 Å². The first-order chi connectivity index (χ1) is 10.4. The van der Waals surface area contributed by atoms with Crippen LogP contribution in [0.5, 0.6) is 0 Å². The number of fused-ring (bicyclic) bond motifs is 1. The van der Waals surface area contributed by atoms with E-state index in [2.05, 4.69) is 11.0 Å². The van der Waals surface area contributed by atoms with Gasteiger partial charge in [0.05, 0.1) is 12.4 Å². The third-order valence-corrected chi connectivity index (χ3v) is 5.11. The molecule has 0 unspecified atom stereocenters. The first kappa shape index (κ1) is 17.2. The van der Waals surface area contributed by atoms with Crippen molar-refractivity contribution in [1.29, 1.82) is 0 Å². The van der Waals surface area contributed by atoms with E-state index in [9.17, 15) is 8.42 Å². The lowest BCUT2D eigenvalue weighted by molar-refractivity contribution is 0.250. The van der Waals surface area contributed by atoms with E-state index in [0.29, 0.717) is 6.42 Å². The number of nitrogens with two attached hydrogens (primary N) is 1. The van der Waals surface area contributed by atoms with E-state index >= 15 is 0 Å². The molecule has 2 rings (SSSR count). The largest absolute Gasteiger partial charge is 0.398 e. The molecule has 1 aliphatic heterocycles. The van der Waals surface area contributed by atoms with E-state index in [1.165, 1.54) is 11.1 Å². The van der Waals surface area contributed by atoms with Crippen molar-refractivity contribution in [2.24, 2.45) is 5.92 Å². The smallest absolute Gasteiger partial charge is 0.267 e. The normalized spacial score (nSPS) is 16.0. The number of benzene rings is 1. The molecule has 0 aliphatic carbocycles. The quantitative estimate of drug-likeness (QED) is 0.613. The maximum absolute atomic E-state index is 11.8. The third kappa shape index (κ3) is 4.97.